The third kappa shape index (κ3) is 2.78. The van der Waals surface area contributed by atoms with Crippen LogP contribution in [0.4, 0.5) is 5.69 Å². The Morgan fingerprint density at radius 1 is 1.16 bits per heavy atom. The zero-order valence-electron chi connectivity index (χ0n) is 13.1. The summed E-state index contributed by atoms with van der Waals surface area (Å²) >= 11 is 0. The first-order valence-corrected chi connectivity index (χ1v) is 7.77. The van der Waals surface area contributed by atoms with Crippen molar-refractivity contribution in [2.75, 3.05) is 11.9 Å². The van der Waals surface area contributed by atoms with Gasteiger partial charge in [0.15, 0.2) is 6.61 Å². The molecule has 25 heavy (non-hydrogen) atoms. The molecule has 1 aromatic heterocycles. The van der Waals surface area contributed by atoms with Gasteiger partial charge in [0.2, 0.25) is 5.91 Å². The van der Waals surface area contributed by atoms with Crippen molar-refractivity contribution >= 4 is 28.5 Å². The van der Waals surface area contributed by atoms with Crippen LogP contribution in [0.5, 0.6) is 5.75 Å². The first-order chi connectivity index (χ1) is 12.1. The Bertz CT molecular complexity index is 1000. The number of aliphatic carboxylic acids is 1. The maximum atomic E-state index is 12.3. The minimum Gasteiger partial charge on any atom is -0.482 e. The molecule has 2 aromatic carbocycles. The van der Waals surface area contributed by atoms with E-state index in [0.29, 0.717) is 11.4 Å². The average molecular weight is 334 g/mol. The second-order valence-corrected chi connectivity index (χ2v) is 5.78. The second kappa shape index (κ2) is 5.90. The van der Waals surface area contributed by atoms with Crippen LogP contribution in [0.3, 0.4) is 0 Å². The summed E-state index contributed by atoms with van der Waals surface area (Å²) in [6, 6.07) is 16.4. The number of nitrogens with one attached hydrogen (secondary N) is 1. The molecule has 1 aliphatic rings. The van der Waals surface area contributed by atoms with Crippen LogP contribution in [0.2, 0.25) is 0 Å². The van der Waals surface area contributed by atoms with Crippen LogP contribution in [0.25, 0.3) is 10.9 Å². The third-order valence-corrected chi connectivity index (χ3v) is 4.13. The highest BCUT2D eigenvalue weighted by molar-refractivity contribution is 6.05. The van der Waals surface area contributed by atoms with Gasteiger partial charge >= 0.3 is 5.97 Å². The van der Waals surface area contributed by atoms with Crippen LogP contribution < -0.4 is 10.1 Å². The number of hydrogen-bond acceptors (Lipinski definition) is 4. The molecule has 4 rings (SSSR count). The zero-order valence-corrected chi connectivity index (χ0v) is 13.1. The van der Waals surface area contributed by atoms with Crippen molar-refractivity contribution in [1.82, 2.24) is 4.98 Å². The second-order valence-electron chi connectivity index (χ2n) is 5.78. The van der Waals surface area contributed by atoms with Crippen LogP contribution in [-0.4, -0.2) is 28.6 Å². The van der Waals surface area contributed by atoms with Crippen molar-refractivity contribution < 1.29 is 19.4 Å². The molecule has 0 fully saturated rings. The number of carbonyl (C=O) groups excluding carboxylic acids is 1. The summed E-state index contributed by atoms with van der Waals surface area (Å²) in [5.41, 5.74) is 3.13. The van der Waals surface area contributed by atoms with Crippen molar-refractivity contribution in [2.45, 2.75) is 5.92 Å². The van der Waals surface area contributed by atoms with Crippen LogP contribution in [-0.2, 0) is 9.59 Å². The highest BCUT2D eigenvalue weighted by Gasteiger charge is 2.32. The number of benzene rings is 2. The molecule has 1 amide bonds. The standard InChI is InChI=1S/C19H14N2O4/c22-17(23)10-25-12-6-8-14-11(9-12)5-7-16(20-14)18-13-3-1-2-4-15(13)21-19(18)24/h1-9,18H,10H2,(H,21,24)(H,22,23). The summed E-state index contributed by atoms with van der Waals surface area (Å²) in [5, 5.41) is 12.4. The zero-order chi connectivity index (χ0) is 17.4. The lowest BCUT2D eigenvalue weighted by molar-refractivity contribution is -0.139. The van der Waals surface area contributed by atoms with E-state index in [4.69, 9.17) is 9.84 Å². The van der Waals surface area contributed by atoms with Crippen LogP contribution >= 0.6 is 0 Å². The summed E-state index contributed by atoms with van der Waals surface area (Å²) in [6.07, 6.45) is 0. The first-order valence-electron chi connectivity index (χ1n) is 7.77. The summed E-state index contributed by atoms with van der Waals surface area (Å²) in [7, 11) is 0. The number of hydrogen-bond donors (Lipinski definition) is 2. The molecule has 0 saturated heterocycles. The number of anilines is 1. The molecule has 0 saturated carbocycles. The molecular formula is C19H14N2O4. The van der Waals surface area contributed by atoms with Gasteiger partial charge in [0.05, 0.1) is 11.2 Å². The van der Waals surface area contributed by atoms with E-state index in [2.05, 4.69) is 10.3 Å². The Kier molecular flexibility index (Phi) is 3.57. The Labute approximate surface area is 143 Å². The van der Waals surface area contributed by atoms with Gasteiger partial charge < -0.3 is 15.2 Å². The highest BCUT2D eigenvalue weighted by atomic mass is 16.5. The lowest BCUT2D eigenvalue weighted by Gasteiger charge is -2.10. The number of nitrogens with zero attached hydrogens (tertiary/aromatic N) is 1. The lowest BCUT2D eigenvalue weighted by Crippen LogP contribution is -2.14. The van der Waals surface area contributed by atoms with Crippen molar-refractivity contribution in [1.29, 1.82) is 0 Å². The number of ether oxygens (including phenoxy) is 1. The maximum Gasteiger partial charge on any atom is 0.341 e. The van der Waals surface area contributed by atoms with E-state index < -0.39 is 18.5 Å². The van der Waals surface area contributed by atoms with Gasteiger partial charge in [-0.05, 0) is 35.9 Å². The molecule has 124 valence electrons. The van der Waals surface area contributed by atoms with Gasteiger partial charge in [-0.3, -0.25) is 9.78 Å². The molecule has 6 heteroatoms. The topological polar surface area (TPSA) is 88.5 Å². The largest absolute Gasteiger partial charge is 0.482 e. The number of carboxylic acids is 1. The molecule has 1 unspecified atom stereocenters. The number of carboxylic acid groups (broad SMARTS) is 1. The molecule has 1 atom stereocenters. The fraction of sp³-hybridized carbons (Fsp3) is 0.105. The van der Waals surface area contributed by atoms with Gasteiger partial charge in [-0.25, -0.2) is 4.79 Å². The summed E-state index contributed by atoms with van der Waals surface area (Å²) in [5.74, 6) is -1.08. The Hall–Kier alpha value is -3.41. The van der Waals surface area contributed by atoms with Gasteiger partial charge in [0.1, 0.15) is 11.7 Å². The van der Waals surface area contributed by atoms with Crippen LogP contribution in [0.15, 0.2) is 54.6 Å². The average Bonchev–Trinajstić information content (AvgIpc) is 2.95. The third-order valence-electron chi connectivity index (χ3n) is 4.13. The summed E-state index contributed by atoms with van der Waals surface area (Å²) in [6.45, 7) is -0.393. The fourth-order valence-corrected chi connectivity index (χ4v) is 3.02. The Balaban J connectivity index is 1.69. The minimum absolute atomic E-state index is 0.0885. The molecule has 0 bridgehead atoms. The van der Waals surface area contributed by atoms with Gasteiger partial charge in [0, 0.05) is 11.1 Å². The van der Waals surface area contributed by atoms with E-state index in [0.717, 1.165) is 22.2 Å². The van der Waals surface area contributed by atoms with E-state index >= 15 is 0 Å². The molecule has 6 nitrogen and oxygen atoms in total. The maximum absolute atomic E-state index is 12.3. The number of rotatable bonds is 4. The van der Waals surface area contributed by atoms with Gasteiger partial charge in [-0.15, -0.1) is 0 Å². The van der Waals surface area contributed by atoms with Crippen molar-refractivity contribution in [3.8, 4) is 5.75 Å². The van der Waals surface area contributed by atoms with E-state index in [1.165, 1.54) is 0 Å². The first kappa shape index (κ1) is 15.1. The van der Waals surface area contributed by atoms with Crippen molar-refractivity contribution in [2.24, 2.45) is 0 Å². The molecule has 0 radical (unpaired) electrons. The number of amides is 1. The molecule has 3 aromatic rings. The van der Waals surface area contributed by atoms with Gasteiger partial charge in [0.25, 0.3) is 0 Å². The lowest BCUT2D eigenvalue weighted by atomic mass is 9.96. The van der Waals surface area contributed by atoms with Crippen LogP contribution in [0, 0.1) is 0 Å². The van der Waals surface area contributed by atoms with E-state index in [9.17, 15) is 9.59 Å². The number of fused-ring (bicyclic) bond motifs is 2. The molecule has 2 N–H and O–H groups in total. The fourth-order valence-electron chi connectivity index (χ4n) is 3.02. The number of carbonyl (C=O) groups is 2. The molecule has 2 heterocycles. The number of aromatic nitrogens is 1. The highest BCUT2D eigenvalue weighted by Crippen LogP contribution is 2.36. The Morgan fingerprint density at radius 2 is 2.00 bits per heavy atom. The van der Waals surface area contributed by atoms with E-state index in [-0.39, 0.29) is 5.91 Å². The van der Waals surface area contributed by atoms with Gasteiger partial charge in [-0.1, -0.05) is 24.3 Å². The summed E-state index contributed by atoms with van der Waals surface area (Å²) in [4.78, 5) is 27.5. The van der Waals surface area contributed by atoms with Crippen LogP contribution in [0.1, 0.15) is 17.2 Å². The van der Waals surface area contributed by atoms with E-state index in [1.807, 2.05) is 36.4 Å². The Morgan fingerprint density at radius 3 is 2.84 bits per heavy atom. The predicted molar refractivity (Wildman–Crippen MR) is 91.8 cm³/mol. The minimum atomic E-state index is -1.03. The number of para-hydroxylation sites is 1. The van der Waals surface area contributed by atoms with Crippen molar-refractivity contribution in [3.63, 3.8) is 0 Å². The summed E-state index contributed by atoms with van der Waals surface area (Å²) < 4.78 is 5.18. The molecule has 0 spiro atoms. The van der Waals surface area contributed by atoms with Crippen molar-refractivity contribution in [3.05, 3.63) is 65.9 Å². The monoisotopic (exact) mass is 334 g/mol. The molecule has 1 aliphatic heterocycles. The van der Waals surface area contributed by atoms with E-state index in [1.54, 1.807) is 18.2 Å². The number of pyridine rings is 1. The SMILES string of the molecule is O=C(O)COc1ccc2nc(C3C(=O)Nc4ccccc43)ccc2c1. The normalized spacial score (nSPS) is 15.7. The molecular weight excluding hydrogens is 320 g/mol. The quantitative estimate of drug-likeness (QED) is 0.766. The van der Waals surface area contributed by atoms with Gasteiger partial charge in [-0.2, -0.15) is 0 Å². The smallest absolute Gasteiger partial charge is 0.341 e. The molecule has 0 aliphatic carbocycles. The predicted octanol–water partition coefficient (Wildman–Crippen LogP) is 2.78.